The zero-order chi connectivity index (χ0) is 29.8. The Hall–Kier alpha value is 0.251. The van der Waals surface area contributed by atoms with E-state index in [9.17, 15) is 5.11 Å². The first-order chi connectivity index (χ1) is 18.1. The van der Waals surface area contributed by atoms with Crippen LogP contribution in [0.2, 0.25) is 51.4 Å². The molecule has 0 aliphatic heterocycles. The van der Waals surface area contributed by atoms with Gasteiger partial charge in [-0.2, -0.15) is 0 Å². The van der Waals surface area contributed by atoms with Crippen molar-refractivity contribution in [2.75, 3.05) is 100 Å². The molecule has 2 N–H and O–H groups in total. The molecule has 0 radical (unpaired) electrons. The summed E-state index contributed by atoms with van der Waals surface area (Å²) < 4.78 is 41.6. The van der Waals surface area contributed by atoms with Crippen molar-refractivity contribution in [2.45, 2.75) is 70.3 Å². The van der Waals surface area contributed by atoms with E-state index in [4.69, 9.17) is 37.0 Å². The molecule has 236 valence electrons. The molecule has 10 nitrogen and oxygen atoms in total. The zero-order valence-electron chi connectivity index (χ0n) is 26.6. The molecule has 0 aromatic carbocycles. The number of nitrogens with zero attached hydrogens (tertiary/aromatic N) is 1. The highest BCUT2D eigenvalue weighted by Gasteiger charge is 2.39. The van der Waals surface area contributed by atoms with E-state index in [1.54, 1.807) is 0 Å². The van der Waals surface area contributed by atoms with Crippen LogP contribution < -0.4 is 0 Å². The van der Waals surface area contributed by atoms with Gasteiger partial charge >= 0.3 is 8.56 Å². The van der Waals surface area contributed by atoms with Crippen molar-refractivity contribution in [3.63, 3.8) is 0 Å². The number of quaternary nitrogens is 1. The van der Waals surface area contributed by atoms with Crippen molar-refractivity contribution in [1.82, 2.24) is 0 Å². The standard InChI is InChI=1S/C26H62NO9Si3/c1-27(2,3)24-26(29)25-34-14-11-23-38(6,7)36-39(8,9)35-37(4,5)22-10-13-30-16-18-32-20-21-33-19-17-31-15-12-28/h26,28-29H,10-25H2,1-9H3/q+1. The van der Waals surface area contributed by atoms with E-state index in [1.165, 1.54) is 0 Å². The third-order valence-electron chi connectivity index (χ3n) is 5.60. The second-order valence-corrected chi connectivity index (χ2v) is 25.2. The van der Waals surface area contributed by atoms with Crippen molar-refractivity contribution < 1.29 is 46.6 Å². The number of aliphatic hydroxyl groups excluding tert-OH is 2. The van der Waals surface area contributed by atoms with Crippen molar-refractivity contribution in [3.05, 3.63) is 0 Å². The van der Waals surface area contributed by atoms with Gasteiger partial charge in [0.25, 0.3) is 0 Å². The lowest BCUT2D eigenvalue weighted by atomic mass is 10.3. The number of aliphatic hydroxyl groups is 2. The first-order valence-corrected chi connectivity index (χ1v) is 23.5. The molecule has 0 heterocycles. The lowest BCUT2D eigenvalue weighted by Gasteiger charge is -2.38. The Morgan fingerprint density at radius 2 is 0.974 bits per heavy atom. The van der Waals surface area contributed by atoms with E-state index in [0.717, 1.165) is 29.4 Å². The summed E-state index contributed by atoms with van der Waals surface area (Å²) in [4.78, 5) is 0. The van der Waals surface area contributed by atoms with Gasteiger partial charge in [-0.1, -0.05) is 0 Å². The van der Waals surface area contributed by atoms with Gasteiger partial charge in [0.15, 0.2) is 16.6 Å². The Bertz CT molecular complexity index is 594. The monoisotopic (exact) mass is 616 g/mol. The first kappa shape index (κ1) is 39.3. The van der Waals surface area contributed by atoms with Crippen molar-refractivity contribution in [3.8, 4) is 0 Å². The number of hydrogen-bond acceptors (Lipinski definition) is 9. The van der Waals surface area contributed by atoms with Gasteiger partial charge in [-0.05, 0) is 64.2 Å². The second-order valence-electron chi connectivity index (χ2n) is 12.7. The Morgan fingerprint density at radius 3 is 1.38 bits per heavy atom. The molecule has 0 aromatic heterocycles. The number of rotatable bonds is 27. The number of ether oxygens (including phenoxy) is 5. The van der Waals surface area contributed by atoms with E-state index >= 15 is 0 Å². The van der Waals surface area contributed by atoms with E-state index in [0.29, 0.717) is 72.6 Å². The summed E-state index contributed by atoms with van der Waals surface area (Å²) in [6.45, 7) is 19.4. The minimum absolute atomic E-state index is 0.0341. The van der Waals surface area contributed by atoms with Gasteiger partial charge in [0, 0.05) is 13.2 Å². The molecule has 0 amide bonds. The number of likely N-dealkylation sites (N-methyl/N-ethyl adjacent to an activating group) is 1. The van der Waals surface area contributed by atoms with Crippen LogP contribution in [0.3, 0.4) is 0 Å². The van der Waals surface area contributed by atoms with Gasteiger partial charge in [0.1, 0.15) is 12.6 Å². The molecule has 0 spiro atoms. The topological polar surface area (TPSA) is 105 Å². The molecule has 0 bridgehead atoms. The lowest BCUT2D eigenvalue weighted by Crippen LogP contribution is -2.52. The highest BCUT2D eigenvalue weighted by molar-refractivity contribution is 6.87. The molecule has 0 aliphatic rings. The second kappa shape index (κ2) is 21.0. The highest BCUT2D eigenvalue weighted by atomic mass is 28.5. The summed E-state index contributed by atoms with van der Waals surface area (Å²) in [6, 6.07) is 2.05. The van der Waals surface area contributed by atoms with Crippen LogP contribution in [0, 0.1) is 0 Å². The Balaban J connectivity index is 3.97. The molecular formula is C26H62NO9Si3+. The third kappa shape index (κ3) is 26.9. The van der Waals surface area contributed by atoms with Gasteiger partial charge in [0.05, 0.1) is 80.6 Å². The van der Waals surface area contributed by atoms with Gasteiger partial charge in [-0.3, -0.25) is 0 Å². The fourth-order valence-electron chi connectivity index (χ4n) is 4.38. The third-order valence-corrected chi connectivity index (χ3v) is 17.1. The SMILES string of the molecule is C[N+](C)(C)CC(O)COCCC[Si](C)(C)O[Si](C)(C)O[Si](C)(C)CCCOCCOCCOCCOCCO. The predicted octanol–water partition coefficient (Wildman–Crippen LogP) is 3.05. The molecule has 0 saturated carbocycles. The summed E-state index contributed by atoms with van der Waals surface area (Å²) in [5.74, 6) is 0. The van der Waals surface area contributed by atoms with Crippen LogP contribution in [0.5, 0.6) is 0 Å². The van der Waals surface area contributed by atoms with E-state index in [1.807, 2.05) is 0 Å². The normalized spacial score (nSPS) is 14.2. The van der Waals surface area contributed by atoms with Crippen LogP contribution in [0.25, 0.3) is 0 Å². The first-order valence-electron chi connectivity index (χ1n) is 14.5. The van der Waals surface area contributed by atoms with Crippen LogP contribution in [-0.2, 0) is 31.9 Å². The summed E-state index contributed by atoms with van der Waals surface area (Å²) in [7, 11) is 0.219. The Kier molecular flexibility index (Phi) is 21.2. The van der Waals surface area contributed by atoms with Gasteiger partial charge in [-0.15, -0.1) is 0 Å². The van der Waals surface area contributed by atoms with E-state index < -0.39 is 31.3 Å². The van der Waals surface area contributed by atoms with Crippen LogP contribution in [-0.4, -0.2) is 146 Å². The Labute approximate surface area is 242 Å². The van der Waals surface area contributed by atoms with Crippen LogP contribution in [0.1, 0.15) is 12.8 Å². The van der Waals surface area contributed by atoms with Gasteiger partial charge < -0.3 is 46.6 Å². The minimum atomic E-state index is -2.25. The molecule has 0 fully saturated rings. The van der Waals surface area contributed by atoms with Crippen molar-refractivity contribution in [2.24, 2.45) is 0 Å². The molecule has 1 unspecified atom stereocenters. The summed E-state index contributed by atoms with van der Waals surface area (Å²) in [5, 5.41) is 18.7. The molecule has 0 rings (SSSR count). The summed E-state index contributed by atoms with van der Waals surface area (Å²) >= 11 is 0. The fourth-order valence-corrected chi connectivity index (χ4v) is 18.4. The maximum atomic E-state index is 10.1. The van der Waals surface area contributed by atoms with Gasteiger partial charge in [-0.25, -0.2) is 0 Å². The van der Waals surface area contributed by atoms with Crippen LogP contribution in [0.4, 0.5) is 0 Å². The zero-order valence-corrected chi connectivity index (χ0v) is 29.6. The fraction of sp³-hybridized carbons (Fsp3) is 1.00. The van der Waals surface area contributed by atoms with E-state index in [-0.39, 0.29) is 6.61 Å². The van der Waals surface area contributed by atoms with Crippen molar-refractivity contribution in [1.29, 1.82) is 0 Å². The largest absolute Gasteiger partial charge is 0.437 e. The van der Waals surface area contributed by atoms with Crippen LogP contribution in [0.15, 0.2) is 0 Å². The summed E-state index contributed by atoms with van der Waals surface area (Å²) in [5.41, 5.74) is 0. The maximum Gasteiger partial charge on any atom is 0.311 e. The molecule has 0 aliphatic carbocycles. The van der Waals surface area contributed by atoms with Gasteiger partial charge in [0.2, 0.25) is 0 Å². The minimum Gasteiger partial charge on any atom is -0.437 e. The molecule has 0 saturated heterocycles. The molecular weight excluding hydrogens is 555 g/mol. The molecule has 0 aromatic rings. The average Bonchev–Trinajstić information content (AvgIpc) is 2.76. The highest BCUT2D eigenvalue weighted by Crippen LogP contribution is 2.26. The molecule has 1 atom stereocenters. The quantitative estimate of drug-likeness (QED) is 0.0819. The molecule has 39 heavy (non-hydrogen) atoms. The van der Waals surface area contributed by atoms with E-state index in [2.05, 4.69) is 60.4 Å². The summed E-state index contributed by atoms with van der Waals surface area (Å²) in [6.07, 6.45) is 1.48. The number of hydrogen-bond donors (Lipinski definition) is 2. The lowest BCUT2D eigenvalue weighted by molar-refractivity contribution is -0.873. The smallest absolute Gasteiger partial charge is 0.311 e. The maximum absolute atomic E-state index is 10.1. The Morgan fingerprint density at radius 1 is 0.590 bits per heavy atom. The predicted molar refractivity (Wildman–Crippen MR) is 164 cm³/mol. The molecule has 13 heteroatoms. The average molecular weight is 617 g/mol. The van der Waals surface area contributed by atoms with Crippen LogP contribution >= 0.6 is 0 Å². The van der Waals surface area contributed by atoms with Crippen molar-refractivity contribution >= 4 is 25.2 Å².